The van der Waals surface area contributed by atoms with E-state index in [1.165, 1.54) is 43.4 Å². The van der Waals surface area contributed by atoms with E-state index in [1.807, 2.05) is 6.20 Å². The second-order valence-corrected chi connectivity index (χ2v) is 7.71. The summed E-state index contributed by atoms with van der Waals surface area (Å²) in [5, 5.41) is 21.6. The quantitative estimate of drug-likeness (QED) is 0.859. The van der Waals surface area contributed by atoms with Crippen LogP contribution in [0.4, 0.5) is 0 Å². The summed E-state index contributed by atoms with van der Waals surface area (Å²) in [7, 11) is 0. The Kier molecular flexibility index (Phi) is 4.80. The van der Waals surface area contributed by atoms with E-state index in [2.05, 4.69) is 20.2 Å². The molecule has 140 valence electrons. The number of carbonyl (C=O) groups is 1. The van der Waals surface area contributed by atoms with Crippen LogP contribution in [0.25, 0.3) is 0 Å². The monoisotopic (exact) mass is 357 g/mol. The Bertz CT molecular complexity index is 725. The van der Waals surface area contributed by atoms with Crippen LogP contribution in [0.5, 0.6) is 0 Å². The Morgan fingerprint density at radius 3 is 2.69 bits per heavy atom. The predicted octanol–water partition coefficient (Wildman–Crippen LogP) is 2.73. The number of nitrogens with one attached hydrogen (secondary N) is 1. The molecule has 2 aromatic heterocycles. The molecule has 2 aromatic rings. The van der Waals surface area contributed by atoms with Crippen LogP contribution in [0.3, 0.4) is 0 Å². The van der Waals surface area contributed by atoms with Crippen molar-refractivity contribution in [3.8, 4) is 0 Å². The molecule has 0 unspecified atom stereocenters. The molecule has 0 radical (unpaired) electrons. The molecule has 7 heteroatoms. The molecule has 3 heterocycles. The molecule has 1 saturated heterocycles. The van der Waals surface area contributed by atoms with Gasteiger partial charge in [0.25, 0.3) is 0 Å². The van der Waals surface area contributed by atoms with Crippen LogP contribution in [0.1, 0.15) is 62.1 Å². The summed E-state index contributed by atoms with van der Waals surface area (Å²) in [6, 6.07) is 1.79. The van der Waals surface area contributed by atoms with Crippen LogP contribution < -0.4 is 0 Å². The first kappa shape index (κ1) is 17.3. The van der Waals surface area contributed by atoms with Gasteiger partial charge in [0.05, 0.1) is 6.20 Å². The normalized spacial score (nSPS) is 21.7. The molecule has 4 rings (SSSR count). The predicted molar refractivity (Wildman–Crippen MR) is 96.8 cm³/mol. The van der Waals surface area contributed by atoms with Gasteiger partial charge in [-0.15, -0.1) is 0 Å². The molecular weight excluding hydrogens is 330 g/mol. The molecule has 2 aliphatic rings. The van der Waals surface area contributed by atoms with Gasteiger partial charge in [-0.05, 0) is 31.7 Å². The summed E-state index contributed by atoms with van der Waals surface area (Å²) < 4.78 is 1.62. The highest BCUT2D eigenvalue weighted by Crippen LogP contribution is 2.35. The highest BCUT2D eigenvalue weighted by molar-refractivity contribution is 5.76. The third kappa shape index (κ3) is 3.16. The number of aliphatic carboxylic acids is 1. The summed E-state index contributed by atoms with van der Waals surface area (Å²) in [5.41, 5.74) is 1.66. The topological polar surface area (TPSA) is 87.0 Å². The van der Waals surface area contributed by atoms with E-state index in [4.69, 9.17) is 0 Å². The van der Waals surface area contributed by atoms with Crippen molar-refractivity contribution in [2.24, 2.45) is 0 Å². The molecule has 0 atom stereocenters. The molecule has 2 N–H and O–H groups in total. The highest BCUT2D eigenvalue weighted by Gasteiger charge is 2.44. The standard InChI is InChI=1S/C19H27N5O2/c25-18(26)19(24-10-4-9-21-24)7-11-23(12-8-19)14-16-13-20-22-17(16)15-5-2-1-3-6-15/h4,9-10,13,15H,1-3,5-8,11-12,14H2,(H,20,22)(H,25,26). The van der Waals surface area contributed by atoms with Gasteiger partial charge in [0.15, 0.2) is 5.54 Å². The fourth-order valence-electron chi connectivity index (χ4n) is 4.58. The van der Waals surface area contributed by atoms with Gasteiger partial charge in [-0.25, -0.2) is 4.79 Å². The van der Waals surface area contributed by atoms with Crippen molar-refractivity contribution in [3.05, 3.63) is 35.9 Å². The molecule has 0 bridgehead atoms. The van der Waals surface area contributed by atoms with Gasteiger partial charge in [0.1, 0.15) is 0 Å². The van der Waals surface area contributed by atoms with Gasteiger partial charge in [-0.2, -0.15) is 10.2 Å². The molecule has 26 heavy (non-hydrogen) atoms. The molecule has 7 nitrogen and oxygen atoms in total. The molecule has 0 aromatic carbocycles. The first-order chi connectivity index (χ1) is 12.7. The molecule has 1 aliphatic carbocycles. The Morgan fingerprint density at radius 1 is 1.27 bits per heavy atom. The first-order valence-corrected chi connectivity index (χ1v) is 9.67. The van der Waals surface area contributed by atoms with Crippen molar-refractivity contribution in [1.29, 1.82) is 0 Å². The van der Waals surface area contributed by atoms with E-state index >= 15 is 0 Å². The van der Waals surface area contributed by atoms with Crippen LogP contribution in [0.15, 0.2) is 24.7 Å². The van der Waals surface area contributed by atoms with Crippen LogP contribution in [-0.2, 0) is 16.9 Å². The average molecular weight is 357 g/mol. The second-order valence-electron chi connectivity index (χ2n) is 7.71. The van der Waals surface area contributed by atoms with Crippen molar-refractivity contribution in [2.45, 2.75) is 62.9 Å². The number of aromatic nitrogens is 4. The minimum Gasteiger partial charge on any atom is -0.479 e. The van der Waals surface area contributed by atoms with Gasteiger partial charge in [-0.3, -0.25) is 14.7 Å². The van der Waals surface area contributed by atoms with Crippen molar-refractivity contribution in [2.75, 3.05) is 13.1 Å². The number of nitrogens with zero attached hydrogens (tertiary/aromatic N) is 4. The van der Waals surface area contributed by atoms with Crippen molar-refractivity contribution < 1.29 is 9.90 Å². The van der Waals surface area contributed by atoms with E-state index in [0.717, 1.165) is 19.6 Å². The lowest BCUT2D eigenvalue weighted by Crippen LogP contribution is -2.51. The third-order valence-corrected chi connectivity index (χ3v) is 6.18. The highest BCUT2D eigenvalue weighted by atomic mass is 16.4. The lowest BCUT2D eigenvalue weighted by atomic mass is 9.85. The van der Waals surface area contributed by atoms with Gasteiger partial charge < -0.3 is 5.11 Å². The number of carboxylic acid groups (broad SMARTS) is 1. The van der Waals surface area contributed by atoms with E-state index in [1.54, 1.807) is 23.1 Å². The van der Waals surface area contributed by atoms with E-state index in [9.17, 15) is 9.90 Å². The third-order valence-electron chi connectivity index (χ3n) is 6.18. The zero-order chi connectivity index (χ0) is 18.0. The first-order valence-electron chi connectivity index (χ1n) is 9.67. The number of likely N-dealkylation sites (tertiary alicyclic amines) is 1. The van der Waals surface area contributed by atoms with Crippen LogP contribution in [0.2, 0.25) is 0 Å². The Labute approximate surface area is 153 Å². The van der Waals surface area contributed by atoms with Crippen molar-refractivity contribution in [3.63, 3.8) is 0 Å². The maximum Gasteiger partial charge on any atom is 0.331 e. The zero-order valence-electron chi connectivity index (χ0n) is 15.1. The summed E-state index contributed by atoms with van der Waals surface area (Å²) in [6.07, 6.45) is 13.0. The number of H-pyrrole nitrogens is 1. The van der Waals surface area contributed by atoms with Crippen LogP contribution in [-0.4, -0.2) is 49.0 Å². The van der Waals surface area contributed by atoms with Crippen molar-refractivity contribution in [1.82, 2.24) is 24.9 Å². The number of hydrogen-bond donors (Lipinski definition) is 2. The fraction of sp³-hybridized carbons (Fsp3) is 0.632. The zero-order valence-corrected chi connectivity index (χ0v) is 15.1. The lowest BCUT2D eigenvalue weighted by molar-refractivity contribution is -0.151. The van der Waals surface area contributed by atoms with Gasteiger partial charge in [-0.1, -0.05) is 19.3 Å². The summed E-state index contributed by atoms with van der Waals surface area (Å²) in [4.78, 5) is 14.3. The maximum atomic E-state index is 12.0. The van der Waals surface area contributed by atoms with Crippen LogP contribution in [0, 0.1) is 0 Å². The molecule has 0 spiro atoms. The SMILES string of the molecule is O=C(O)C1(n2cccn2)CCN(Cc2cn[nH]c2C2CCCCC2)CC1. The Balaban J connectivity index is 1.43. The van der Waals surface area contributed by atoms with Crippen LogP contribution >= 0.6 is 0 Å². The van der Waals surface area contributed by atoms with E-state index in [0.29, 0.717) is 18.8 Å². The van der Waals surface area contributed by atoms with Gasteiger partial charge in [0.2, 0.25) is 0 Å². The molecule has 1 aliphatic heterocycles. The smallest absolute Gasteiger partial charge is 0.331 e. The second kappa shape index (κ2) is 7.23. The molecule has 1 saturated carbocycles. The molecule has 0 amide bonds. The molecule has 2 fully saturated rings. The lowest BCUT2D eigenvalue weighted by Gasteiger charge is -2.39. The van der Waals surface area contributed by atoms with Gasteiger partial charge in [0, 0.05) is 49.2 Å². The molecular formula is C19H27N5O2. The number of carboxylic acids is 1. The minimum atomic E-state index is -0.914. The number of piperidine rings is 1. The summed E-state index contributed by atoms with van der Waals surface area (Å²) in [5.74, 6) is -0.180. The number of rotatable bonds is 5. The average Bonchev–Trinajstić information content (AvgIpc) is 3.35. The van der Waals surface area contributed by atoms with E-state index in [-0.39, 0.29) is 0 Å². The number of aromatic amines is 1. The minimum absolute atomic E-state index is 0.570. The maximum absolute atomic E-state index is 12.0. The largest absolute Gasteiger partial charge is 0.479 e. The Hall–Kier alpha value is -2.15. The Morgan fingerprint density at radius 2 is 2.04 bits per heavy atom. The number of hydrogen-bond acceptors (Lipinski definition) is 4. The fourth-order valence-corrected chi connectivity index (χ4v) is 4.58. The van der Waals surface area contributed by atoms with E-state index < -0.39 is 11.5 Å². The summed E-state index contributed by atoms with van der Waals surface area (Å²) >= 11 is 0. The van der Waals surface area contributed by atoms with Crippen molar-refractivity contribution >= 4 is 5.97 Å². The van der Waals surface area contributed by atoms with Gasteiger partial charge >= 0.3 is 5.97 Å². The summed E-state index contributed by atoms with van der Waals surface area (Å²) in [6.45, 7) is 2.35.